The van der Waals surface area contributed by atoms with Gasteiger partial charge in [-0.1, -0.05) is 6.07 Å². The molecule has 0 aliphatic carbocycles. The van der Waals surface area contributed by atoms with Crippen LogP contribution in [0.3, 0.4) is 0 Å². The van der Waals surface area contributed by atoms with Crippen molar-refractivity contribution in [2.45, 2.75) is 25.8 Å². The molecule has 1 atom stereocenters. The average molecular weight is 232 g/mol. The number of aryl methyl sites for hydroxylation is 2. The second-order valence-corrected chi connectivity index (χ2v) is 5.01. The topological polar surface area (TPSA) is 38.9 Å². The molecule has 0 bridgehead atoms. The number of rotatable bonds is 4. The standard InChI is InChI=1S/C13H16N2S/c1-10-6-7-15-13(9-10)12(14)5-4-11-3-2-8-16-11/h2-3,6-9,12H,4-5,14H2,1H3. The van der Waals surface area contributed by atoms with Gasteiger partial charge in [0.15, 0.2) is 0 Å². The molecule has 0 saturated carbocycles. The number of aromatic nitrogens is 1. The van der Waals surface area contributed by atoms with Gasteiger partial charge >= 0.3 is 0 Å². The zero-order valence-electron chi connectivity index (χ0n) is 9.39. The molecule has 2 nitrogen and oxygen atoms in total. The second-order valence-electron chi connectivity index (χ2n) is 3.98. The third-order valence-corrected chi connectivity index (χ3v) is 3.53. The fourth-order valence-corrected chi connectivity index (χ4v) is 2.39. The Bertz CT molecular complexity index is 437. The van der Waals surface area contributed by atoms with Crippen molar-refractivity contribution in [3.8, 4) is 0 Å². The van der Waals surface area contributed by atoms with Crippen molar-refractivity contribution in [2.24, 2.45) is 5.73 Å². The van der Waals surface area contributed by atoms with Crippen LogP contribution in [0.5, 0.6) is 0 Å². The van der Waals surface area contributed by atoms with Gasteiger partial charge in [0.2, 0.25) is 0 Å². The number of pyridine rings is 1. The molecule has 0 saturated heterocycles. The highest BCUT2D eigenvalue weighted by Gasteiger charge is 2.07. The first-order valence-electron chi connectivity index (χ1n) is 5.46. The van der Waals surface area contributed by atoms with E-state index in [-0.39, 0.29) is 6.04 Å². The van der Waals surface area contributed by atoms with Crippen molar-refractivity contribution >= 4 is 11.3 Å². The van der Waals surface area contributed by atoms with Crippen LogP contribution in [0.4, 0.5) is 0 Å². The Morgan fingerprint density at radius 3 is 3.00 bits per heavy atom. The van der Waals surface area contributed by atoms with Gasteiger partial charge in [0, 0.05) is 17.1 Å². The van der Waals surface area contributed by atoms with Crippen LogP contribution in [0.1, 0.15) is 28.6 Å². The summed E-state index contributed by atoms with van der Waals surface area (Å²) in [6, 6.07) is 8.34. The predicted octanol–water partition coefficient (Wildman–Crippen LogP) is 3.08. The highest BCUT2D eigenvalue weighted by molar-refractivity contribution is 7.09. The van der Waals surface area contributed by atoms with Gasteiger partial charge in [0.25, 0.3) is 0 Å². The van der Waals surface area contributed by atoms with E-state index < -0.39 is 0 Å². The van der Waals surface area contributed by atoms with E-state index in [0.29, 0.717) is 0 Å². The molecule has 0 aliphatic heterocycles. The predicted molar refractivity (Wildman–Crippen MR) is 68.5 cm³/mol. The van der Waals surface area contributed by atoms with Crippen molar-refractivity contribution < 1.29 is 0 Å². The van der Waals surface area contributed by atoms with E-state index in [1.54, 1.807) is 11.3 Å². The van der Waals surface area contributed by atoms with Crippen LogP contribution in [-0.2, 0) is 6.42 Å². The Balaban J connectivity index is 1.95. The number of hydrogen-bond donors (Lipinski definition) is 1. The van der Waals surface area contributed by atoms with E-state index in [4.69, 9.17) is 5.73 Å². The number of thiophene rings is 1. The average Bonchev–Trinajstić information content (AvgIpc) is 2.78. The van der Waals surface area contributed by atoms with Gasteiger partial charge in [0.05, 0.1) is 5.69 Å². The number of hydrogen-bond acceptors (Lipinski definition) is 3. The molecule has 2 N–H and O–H groups in total. The molecule has 0 amide bonds. The first-order chi connectivity index (χ1) is 7.75. The van der Waals surface area contributed by atoms with Crippen molar-refractivity contribution in [2.75, 3.05) is 0 Å². The lowest BCUT2D eigenvalue weighted by Crippen LogP contribution is -2.12. The molecule has 2 aromatic rings. The van der Waals surface area contributed by atoms with Crippen molar-refractivity contribution in [3.05, 3.63) is 52.0 Å². The lowest BCUT2D eigenvalue weighted by atomic mass is 10.1. The molecular formula is C13H16N2S. The lowest BCUT2D eigenvalue weighted by molar-refractivity contribution is 0.636. The summed E-state index contributed by atoms with van der Waals surface area (Å²) in [6.45, 7) is 2.07. The van der Waals surface area contributed by atoms with E-state index >= 15 is 0 Å². The molecule has 0 radical (unpaired) electrons. The maximum atomic E-state index is 6.12. The molecule has 2 heterocycles. The minimum absolute atomic E-state index is 0.0435. The Hall–Kier alpha value is -1.19. The summed E-state index contributed by atoms with van der Waals surface area (Å²) in [7, 11) is 0. The van der Waals surface area contributed by atoms with Crippen LogP contribution in [0.15, 0.2) is 35.8 Å². The highest BCUT2D eigenvalue weighted by atomic mass is 32.1. The quantitative estimate of drug-likeness (QED) is 0.879. The van der Waals surface area contributed by atoms with Crippen LogP contribution in [-0.4, -0.2) is 4.98 Å². The maximum Gasteiger partial charge on any atom is 0.0573 e. The van der Waals surface area contributed by atoms with Crippen molar-refractivity contribution in [1.29, 1.82) is 0 Å². The molecule has 16 heavy (non-hydrogen) atoms. The highest BCUT2D eigenvalue weighted by Crippen LogP contribution is 2.18. The van der Waals surface area contributed by atoms with Crippen LogP contribution in [0.25, 0.3) is 0 Å². The minimum atomic E-state index is 0.0435. The van der Waals surface area contributed by atoms with Crippen molar-refractivity contribution in [3.63, 3.8) is 0 Å². The Morgan fingerprint density at radius 2 is 2.31 bits per heavy atom. The normalized spacial score (nSPS) is 12.6. The molecule has 0 fully saturated rings. The van der Waals surface area contributed by atoms with Crippen molar-refractivity contribution in [1.82, 2.24) is 4.98 Å². The summed E-state index contributed by atoms with van der Waals surface area (Å²) in [6.07, 6.45) is 3.82. The molecule has 1 unspecified atom stereocenters. The summed E-state index contributed by atoms with van der Waals surface area (Å²) in [4.78, 5) is 5.71. The van der Waals surface area contributed by atoms with E-state index in [1.807, 2.05) is 12.3 Å². The minimum Gasteiger partial charge on any atom is -0.323 e. The Kier molecular flexibility index (Phi) is 3.70. The van der Waals surface area contributed by atoms with E-state index in [9.17, 15) is 0 Å². The number of nitrogens with zero attached hydrogens (tertiary/aromatic N) is 1. The fourth-order valence-electron chi connectivity index (χ4n) is 1.66. The third-order valence-electron chi connectivity index (χ3n) is 2.60. The van der Waals surface area contributed by atoms with Crippen LogP contribution >= 0.6 is 11.3 Å². The summed E-state index contributed by atoms with van der Waals surface area (Å²) in [5.41, 5.74) is 8.34. The first-order valence-corrected chi connectivity index (χ1v) is 6.34. The monoisotopic (exact) mass is 232 g/mol. The largest absolute Gasteiger partial charge is 0.323 e. The lowest BCUT2D eigenvalue weighted by Gasteiger charge is -2.10. The Morgan fingerprint density at radius 1 is 1.44 bits per heavy atom. The fraction of sp³-hybridized carbons (Fsp3) is 0.308. The van der Waals surface area contributed by atoms with Gasteiger partial charge in [-0.2, -0.15) is 0 Å². The summed E-state index contributed by atoms with van der Waals surface area (Å²) < 4.78 is 0. The summed E-state index contributed by atoms with van der Waals surface area (Å²) in [5, 5.41) is 2.10. The van der Waals surface area contributed by atoms with Crippen LogP contribution in [0, 0.1) is 6.92 Å². The molecular weight excluding hydrogens is 216 g/mol. The third kappa shape index (κ3) is 2.90. The smallest absolute Gasteiger partial charge is 0.0573 e. The van der Waals surface area contributed by atoms with Gasteiger partial charge in [-0.3, -0.25) is 4.98 Å². The molecule has 0 spiro atoms. The summed E-state index contributed by atoms with van der Waals surface area (Å²) >= 11 is 1.79. The molecule has 0 aliphatic rings. The molecule has 2 rings (SSSR count). The van der Waals surface area contributed by atoms with E-state index in [2.05, 4.69) is 35.5 Å². The zero-order valence-corrected chi connectivity index (χ0v) is 10.2. The number of nitrogens with two attached hydrogens (primary N) is 1. The van der Waals surface area contributed by atoms with E-state index in [0.717, 1.165) is 18.5 Å². The summed E-state index contributed by atoms with van der Waals surface area (Å²) in [5.74, 6) is 0. The van der Waals surface area contributed by atoms with Crippen LogP contribution in [0.2, 0.25) is 0 Å². The van der Waals surface area contributed by atoms with Gasteiger partial charge in [-0.15, -0.1) is 11.3 Å². The molecule has 0 aromatic carbocycles. The van der Waals surface area contributed by atoms with Gasteiger partial charge in [0.1, 0.15) is 0 Å². The molecule has 3 heteroatoms. The van der Waals surface area contributed by atoms with Gasteiger partial charge in [-0.25, -0.2) is 0 Å². The zero-order chi connectivity index (χ0) is 11.4. The maximum absolute atomic E-state index is 6.12. The van der Waals surface area contributed by atoms with E-state index in [1.165, 1.54) is 10.4 Å². The second kappa shape index (κ2) is 5.23. The SMILES string of the molecule is Cc1ccnc(C(N)CCc2cccs2)c1. The van der Waals surface area contributed by atoms with Gasteiger partial charge in [-0.05, 0) is 48.9 Å². The molecule has 84 valence electrons. The Labute approximate surface area is 100 Å². The van der Waals surface area contributed by atoms with Gasteiger partial charge < -0.3 is 5.73 Å². The first kappa shape index (κ1) is 11.3. The molecule has 2 aromatic heterocycles. The van der Waals surface area contributed by atoms with Crippen LogP contribution < -0.4 is 5.73 Å².